The monoisotopic (exact) mass is 220 g/mol. The highest BCUT2D eigenvalue weighted by Crippen LogP contribution is 2.18. The third-order valence-electron chi connectivity index (χ3n) is 3.38. The van der Waals surface area contributed by atoms with Crippen LogP contribution in [0.5, 0.6) is 0 Å². The number of hydrogen-bond donors (Lipinski definition) is 1. The average molecular weight is 220 g/mol. The maximum absolute atomic E-state index is 4.35. The van der Waals surface area contributed by atoms with Gasteiger partial charge in [-0.15, -0.1) is 0 Å². The number of nitrogens with one attached hydrogen (secondary N) is 1. The second kappa shape index (κ2) is 5.37. The van der Waals surface area contributed by atoms with Gasteiger partial charge in [0.05, 0.1) is 11.7 Å². The molecule has 0 radical (unpaired) electrons. The van der Waals surface area contributed by atoms with Crippen molar-refractivity contribution in [2.24, 2.45) is 5.92 Å². The molecular formula is C12H20N4. The molecule has 1 saturated heterocycles. The van der Waals surface area contributed by atoms with Crippen molar-refractivity contribution in [3.63, 3.8) is 0 Å². The molecule has 1 aliphatic heterocycles. The Bertz CT molecular complexity index is 308. The van der Waals surface area contributed by atoms with Gasteiger partial charge in [-0.25, -0.2) is 0 Å². The van der Waals surface area contributed by atoms with Crippen molar-refractivity contribution < 1.29 is 0 Å². The number of aromatic nitrogens is 2. The molecular weight excluding hydrogens is 200 g/mol. The van der Waals surface area contributed by atoms with Crippen LogP contribution in [-0.4, -0.2) is 41.5 Å². The first-order chi connectivity index (χ1) is 7.77. The van der Waals surface area contributed by atoms with Crippen LogP contribution in [0.25, 0.3) is 0 Å². The summed E-state index contributed by atoms with van der Waals surface area (Å²) >= 11 is 0. The quantitative estimate of drug-likeness (QED) is 0.824. The van der Waals surface area contributed by atoms with E-state index in [2.05, 4.69) is 34.2 Å². The smallest absolute Gasteiger partial charge is 0.0755 e. The van der Waals surface area contributed by atoms with E-state index in [1.165, 1.54) is 6.42 Å². The highest BCUT2D eigenvalue weighted by Gasteiger charge is 2.20. The highest BCUT2D eigenvalue weighted by atomic mass is 15.1. The largest absolute Gasteiger partial charge is 0.316 e. The van der Waals surface area contributed by atoms with Gasteiger partial charge in [0, 0.05) is 25.1 Å². The van der Waals surface area contributed by atoms with Crippen LogP contribution in [-0.2, 0) is 0 Å². The van der Waals surface area contributed by atoms with Gasteiger partial charge in [0.1, 0.15) is 0 Å². The number of nitrogens with zero attached hydrogens (tertiary/aromatic N) is 3. The zero-order chi connectivity index (χ0) is 11.4. The van der Waals surface area contributed by atoms with E-state index in [-0.39, 0.29) is 0 Å². The van der Waals surface area contributed by atoms with E-state index in [0.717, 1.165) is 31.2 Å². The summed E-state index contributed by atoms with van der Waals surface area (Å²) in [7, 11) is 2.16. The van der Waals surface area contributed by atoms with E-state index < -0.39 is 0 Å². The molecule has 16 heavy (non-hydrogen) atoms. The molecule has 1 aliphatic rings. The summed E-state index contributed by atoms with van der Waals surface area (Å²) in [5, 5.41) is 3.40. The summed E-state index contributed by atoms with van der Waals surface area (Å²) in [6.45, 7) is 5.63. The Morgan fingerprint density at radius 3 is 3.06 bits per heavy atom. The van der Waals surface area contributed by atoms with Crippen LogP contribution in [0.3, 0.4) is 0 Å². The maximum atomic E-state index is 4.35. The predicted octanol–water partition coefficient (Wildman–Crippen LogP) is 1.08. The molecule has 4 heteroatoms. The fourth-order valence-corrected chi connectivity index (χ4v) is 2.19. The predicted molar refractivity (Wildman–Crippen MR) is 64.1 cm³/mol. The van der Waals surface area contributed by atoms with Crippen molar-refractivity contribution in [3.8, 4) is 0 Å². The minimum Gasteiger partial charge on any atom is -0.316 e. The first kappa shape index (κ1) is 11.5. The third-order valence-corrected chi connectivity index (χ3v) is 3.38. The maximum Gasteiger partial charge on any atom is 0.0755 e. The molecule has 4 nitrogen and oxygen atoms in total. The molecule has 0 bridgehead atoms. The van der Waals surface area contributed by atoms with Crippen LogP contribution < -0.4 is 5.32 Å². The molecule has 1 N–H and O–H groups in total. The van der Waals surface area contributed by atoms with Crippen LogP contribution in [0.4, 0.5) is 0 Å². The van der Waals surface area contributed by atoms with Crippen molar-refractivity contribution in [2.45, 2.75) is 19.4 Å². The summed E-state index contributed by atoms with van der Waals surface area (Å²) in [4.78, 5) is 10.8. The van der Waals surface area contributed by atoms with E-state index >= 15 is 0 Å². The van der Waals surface area contributed by atoms with Crippen molar-refractivity contribution >= 4 is 0 Å². The molecule has 2 rings (SSSR count). The summed E-state index contributed by atoms with van der Waals surface area (Å²) < 4.78 is 0. The molecule has 2 unspecified atom stereocenters. The lowest BCUT2D eigenvalue weighted by molar-refractivity contribution is 0.222. The number of rotatable bonds is 4. The van der Waals surface area contributed by atoms with Gasteiger partial charge in [-0.2, -0.15) is 0 Å². The van der Waals surface area contributed by atoms with Gasteiger partial charge in [0.25, 0.3) is 0 Å². The van der Waals surface area contributed by atoms with Crippen LogP contribution in [0.15, 0.2) is 18.6 Å². The Kier molecular flexibility index (Phi) is 3.85. The Labute approximate surface area is 97.1 Å². The van der Waals surface area contributed by atoms with Gasteiger partial charge >= 0.3 is 0 Å². The average Bonchev–Trinajstić information content (AvgIpc) is 2.82. The van der Waals surface area contributed by atoms with Crippen molar-refractivity contribution in [1.82, 2.24) is 20.2 Å². The Balaban J connectivity index is 1.91. The normalized spacial score (nSPS) is 22.6. The van der Waals surface area contributed by atoms with Gasteiger partial charge in [0.2, 0.25) is 0 Å². The minimum absolute atomic E-state index is 0.342. The molecule has 1 aromatic rings. The molecule has 2 heterocycles. The van der Waals surface area contributed by atoms with Gasteiger partial charge in [-0.3, -0.25) is 14.9 Å². The fraction of sp³-hybridized carbons (Fsp3) is 0.667. The zero-order valence-corrected chi connectivity index (χ0v) is 10.1. The van der Waals surface area contributed by atoms with E-state index in [0.29, 0.717) is 6.04 Å². The first-order valence-corrected chi connectivity index (χ1v) is 5.94. The molecule has 1 fully saturated rings. The van der Waals surface area contributed by atoms with Crippen LogP contribution in [0.2, 0.25) is 0 Å². The SMILES string of the molecule is CC(c1cnccn1)N(C)CC1CCNC1. The lowest BCUT2D eigenvalue weighted by Crippen LogP contribution is -2.30. The van der Waals surface area contributed by atoms with E-state index in [1.54, 1.807) is 12.4 Å². The van der Waals surface area contributed by atoms with Crippen molar-refractivity contribution in [2.75, 3.05) is 26.7 Å². The molecule has 2 atom stereocenters. The van der Waals surface area contributed by atoms with E-state index in [9.17, 15) is 0 Å². The minimum atomic E-state index is 0.342. The molecule has 0 aliphatic carbocycles. The Morgan fingerprint density at radius 1 is 1.56 bits per heavy atom. The summed E-state index contributed by atoms with van der Waals surface area (Å²) in [6.07, 6.45) is 6.62. The van der Waals surface area contributed by atoms with Gasteiger partial charge in [0.15, 0.2) is 0 Å². The third kappa shape index (κ3) is 2.77. The van der Waals surface area contributed by atoms with E-state index in [4.69, 9.17) is 0 Å². The highest BCUT2D eigenvalue weighted by molar-refractivity contribution is 5.01. The topological polar surface area (TPSA) is 41.1 Å². The summed E-state index contributed by atoms with van der Waals surface area (Å²) in [5.41, 5.74) is 1.05. The van der Waals surface area contributed by atoms with Gasteiger partial charge < -0.3 is 5.32 Å². The molecule has 1 aromatic heterocycles. The molecule has 0 spiro atoms. The lowest BCUT2D eigenvalue weighted by atomic mass is 10.1. The van der Waals surface area contributed by atoms with Crippen molar-refractivity contribution in [1.29, 1.82) is 0 Å². The molecule has 0 amide bonds. The zero-order valence-electron chi connectivity index (χ0n) is 10.1. The first-order valence-electron chi connectivity index (χ1n) is 5.94. The summed E-state index contributed by atoms with van der Waals surface area (Å²) in [6, 6.07) is 0.342. The van der Waals surface area contributed by atoms with E-state index in [1.807, 2.05) is 6.20 Å². The molecule has 0 aromatic carbocycles. The second-order valence-electron chi connectivity index (χ2n) is 4.60. The lowest BCUT2D eigenvalue weighted by Gasteiger charge is -2.26. The van der Waals surface area contributed by atoms with Crippen LogP contribution >= 0.6 is 0 Å². The van der Waals surface area contributed by atoms with Crippen LogP contribution in [0.1, 0.15) is 25.1 Å². The Morgan fingerprint density at radius 2 is 2.44 bits per heavy atom. The molecule has 0 saturated carbocycles. The second-order valence-corrected chi connectivity index (χ2v) is 4.60. The van der Waals surface area contributed by atoms with Crippen LogP contribution in [0, 0.1) is 5.92 Å². The van der Waals surface area contributed by atoms with Crippen molar-refractivity contribution in [3.05, 3.63) is 24.3 Å². The molecule has 88 valence electrons. The Hall–Kier alpha value is -1.00. The van der Waals surface area contributed by atoms with Gasteiger partial charge in [-0.05, 0) is 39.4 Å². The number of hydrogen-bond acceptors (Lipinski definition) is 4. The fourth-order valence-electron chi connectivity index (χ4n) is 2.19. The standard InChI is InChI=1S/C12H20N4/c1-10(12-8-14-5-6-15-12)16(2)9-11-3-4-13-7-11/h5-6,8,10-11,13H,3-4,7,9H2,1-2H3. The summed E-state index contributed by atoms with van der Waals surface area (Å²) in [5.74, 6) is 0.782. The van der Waals surface area contributed by atoms with Gasteiger partial charge in [-0.1, -0.05) is 0 Å².